The van der Waals surface area contributed by atoms with Crippen LogP contribution >= 0.6 is 0 Å². The summed E-state index contributed by atoms with van der Waals surface area (Å²) in [5, 5.41) is 9.00. The number of amides is 1. The molecule has 0 bridgehead atoms. The van der Waals surface area contributed by atoms with Crippen molar-refractivity contribution in [2.24, 2.45) is 0 Å². The molecule has 1 aromatic carbocycles. The van der Waals surface area contributed by atoms with Crippen molar-refractivity contribution in [3.63, 3.8) is 0 Å². The van der Waals surface area contributed by atoms with E-state index in [4.69, 9.17) is 15.6 Å². The van der Waals surface area contributed by atoms with Crippen molar-refractivity contribution in [1.82, 2.24) is 9.80 Å². The number of ether oxygens (including phenoxy) is 1. The van der Waals surface area contributed by atoms with Crippen molar-refractivity contribution in [3.05, 3.63) is 23.8 Å². The smallest absolute Gasteiger partial charge is 0.256 e. The molecule has 0 saturated carbocycles. The first-order valence-electron chi connectivity index (χ1n) is 7.22. The van der Waals surface area contributed by atoms with Gasteiger partial charge in [0.25, 0.3) is 5.91 Å². The number of aliphatic hydroxyl groups is 1. The van der Waals surface area contributed by atoms with Crippen LogP contribution < -0.4 is 10.5 Å². The van der Waals surface area contributed by atoms with Gasteiger partial charge in [-0.2, -0.15) is 0 Å². The maximum absolute atomic E-state index is 12.6. The highest BCUT2D eigenvalue weighted by atomic mass is 16.5. The Morgan fingerprint density at radius 2 is 2.14 bits per heavy atom. The molecule has 0 unspecified atom stereocenters. The van der Waals surface area contributed by atoms with Gasteiger partial charge in [-0.25, -0.2) is 0 Å². The van der Waals surface area contributed by atoms with Crippen LogP contribution in [0.3, 0.4) is 0 Å². The van der Waals surface area contributed by atoms with Crippen LogP contribution in [0.4, 0.5) is 5.69 Å². The maximum atomic E-state index is 12.6. The van der Waals surface area contributed by atoms with E-state index in [1.54, 1.807) is 25.3 Å². The van der Waals surface area contributed by atoms with E-state index in [2.05, 4.69) is 4.90 Å². The molecule has 0 spiro atoms. The SMILES string of the molecule is COc1cccc(C(=O)N2CCCN(CCO)CC2)c1N. The largest absolute Gasteiger partial charge is 0.495 e. The monoisotopic (exact) mass is 293 g/mol. The van der Waals surface area contributed by atoms with Gasteiger partial charge in [-0.15, -0.1) is 0 Å². The number of carbonyl (C=O) groups excluding carboxylic acids is 1. The lowest BCUT2D eigenvalue weighted by molar-refractivity contribution is 0.0761. The molecule has 0 radical (unpaired) electrons. The lowest BCUT2D eigenvalue weighted by Gasteiger charge is -2.22. The number of nitrogens with two attached hydrogens (primary N) is 1. The molecule has 0 aromatic heterocycles. The van der Waals surface area contributed by atoms with Crippen molar-refractivity contribution in [2.45, 2.75) is 6.42 Å². The predicted molar refractivity (Wildman–Crippen MR) is 81.5 cm³/mol. The Kier molecular flexibility index (Phi) is 5.41. The van der Waals surface area contributed by atoms with E-state index in [-0.39, 0.29) is 12.5 Å². The van der Waals surface area contributed by atoms with Gasteiger partial charge in [0.2, 0.25) is 0 Å². The molecule has 21 heavy (non-hydrogen) atoms. The molecule has 0 aliphatic carbocycles. The topological polar surface area (TPSA) is 79.0 Å². The molecule has 2 rings (SSSR count). The third-order valence-corrected chi connectivity index (χ3v) is 3.81. The molecular weight excluding hydrogens is 270 g/mol. The Balaban J connectivity index is 2.10. The van der Waals surface area contributed by atoms with Crippen molar-refractivity contribution in [1.29, 1.82) is 0 Å². The van der Waals surface area contributed by atoms with E-state index in [1.165, 1.54) is 0 Å². The number of rotatable bonds is 4. The number of carbonyl (C=O) groups is 1. The van der Waals surface area contributed by atoms with Crippen molar-refractivity contribution >= 4 is 11.6 Å². The van der Waals surface area contributed by atoms with E-state index in [9.17, 15) is 4.79 Å². The molecule has 1 aliphatic rings. The first-order valence-corrected chi connectivity index (χ1v) is 7.22. The fraction of sp³-hybridized carbons (Fsp3) is 0.533. The summed E-state index contributed by atoms with van der Waals surface area (Å²) in [5.74, 6) is 0.467. The van der Waals surface area contributed by atoms with Gasteiger partial charge in [-0.05, 0) is 25.1 Å². The second-order valence-electron chi connectivity index (χ2n) is 5.13. The van der Waals surface area contributed by atoms with Gasteiger partial charge < -0.3 is 20.5 Å². The van der Waals surface area contributed by atoms with Crippen LogP contribution in [0.2, 0.25) is 0 Å². The fourth-order valence-corrected chi connectivity index (χ4v) is 2.62. The summed E-state index contributed by atoms with van der Waals surface area (Å²) >= 11 is 0. The summed E-state index contributed by atoms with van der Waals surface area (Å²) in [6.45, 7) is 3.83. The van der Waals surface area contributed by atoms with Crippen molar-refractivity contribution < 1.29 is 14.6 Å². The van der Waals surface area contributed by atoms with Gasteiger partial charge in [0.1, 0.15) is 5.75 Å². The lowest BCUT2D eigenvalue weighted by atomic mass is 10.1. The first kappa shape index (κ1) is 15.6. The molecule has 1 aromatic rings. The van der Waals surface area contributed by atoms with Gasteiger partial charge in [0.15, 0.2) is 0 Å². The van der Waals surface area contributed by atoms with Crippen LogP contribution in [0.25, 0.3) is 0 Å². The molecule has 6 nitrogen and oxygen atoms in total. The number of hydrogen-bond donors (Lipinski definition) is 2. The van der Waals surface area contributed by atoms with Crippen molar-refractivity contribution in [3.8, 4) is 5.75 Å². The highest BCUT2D eigenvalue weighted by molar-refractivity contribution is 6.00. The third kappa shape index (κ3) is 3.65. The third-order valence-electron chi connectivity index (χ3n) is 3.81. The normalized spacial score (nSPS) is 16.6. The van der Waals surface area contributed by atoms with E-state index >= 15 is 0 Å². The minimum atomic E-state index is -0.0581. The molecule has 116 valence electrons. The number of β-amino-alcohol motifs (C(OH)–C–C–N with tert-alkyl or cyclic N) is 1. The zero-order valence-electron chi connectivity index (χ0n) is 12.4. The van der Waals surface area contributed by atoms with E-state index in [1.807, 2.05) is 4.90 Å². The Hall–Kier alpha value is -1.79. The predicted octanol–water partition coefficient (Wildman–Crippen LogP) is 0.418. The molecule has 1 amide bonds. The fourth-order valence-electron chi connectivity index (χ4n) is 2.62. The Labute approximate surface area is 125 Å². The Morgan fingerprint density at radius 1 is 1.33 bits per heavy atom. The number of anilines is 1. The molecule has 1 aliphatic heterocycles. The molecule has 6 heteroatoms. The molecule has 3 N–H and O–H groups in total. The minimum Gasteiger partial charge on any atom is -0.495 e. The van der Waals surface area contributed by atoms with E-state index < -0.39 is 0 Å². The van der Waals surface area contributed by atoms with Crippen LogP contribution in [-0.2, 0) is 0 Å². The van der Waals surface area contributed by atoms with Gasteiger partial charge in [-0.3, -0.25) is 9.69 Å². The van der Waals surface area contributed by atoms with Crippen LogP contribution in [0, 0.1) is 0 Å². The number of para-hydroxylation sites is 1. The standard InChI is InChI=1S/C15H23N3O3/c1-21-13-5-2-4-12(14(13)16)15(20)18-7-3-6-17(8-9-18)10-11-19/h2,4-5,19H,3,6-11,16H2,1H3. The number of nitrogen functional groups attached to an aromatic ring is 1. The number of nitrogens with zero attached hydrogens (tertiary/aromatic N) is 2. The van der Waals surface area contributed by atoms with Crippen LogP contribution in [-0.4, -0.2) is 67.3 Å². The lowest BCUT2D eigenvalue weighted by Crippen LogP contribution is -2.36. The summed E-state index contributed by atoms with van der Waals surface area (Å²) in [4.78, 5) is 16.6. The molecular formula is C15H23N3O3. The first-order chi connectivity index (χ1) is 10.2. The van der Waals surface area contributed by atoms with Crippen LogP contribution in [0.1, 0.15) is 16.8 Å². The summed E-state index contributed by atoms with van der Waals surface area (Å²) in [6.07, 6.45) is 0.898. The molecule has 1 fully saturated rings. The number of hydrogen-bond acceptors (Lipinski definition) is 5. The minimum absolute atomic E-state index is 0.0581. The van der Waals surface area contributed by atoms with Gasteiger partial charge in [-0.1, -0.05) is 6.07 Å². The zero-order valence-corrected chi connectivity index (χ0v) is 12.4. The summed E-state index contributed by atoms with van der Waals surface area (Å²) in [5.41, 5.74) is 6.88. The summed E-state index contributed by atoms with van der Waals surface area (Å²) in [7, 11) is 1.54. The van der Waals surface area contributed by atoms with Crippen LogP contribution in [0.5, 0.6) is 5.75 Å². The maximum Gasteiger partial charge on any atom is 0.256 e. The quantitative estimate of drug-likeness (QED) is 0.787. The average Bonchev–Trinajstić information content (AvgIpc) is 2.73. The highest BCUT2D eigenvalue weighted by Gasteiger charge is 2.22. The van der Waals surface area contributed by atoms with Gasteiger partial charge in [0.05, 0.1) is 25.0 Å². The highest BCUT2D eigenvalue weighted by Crippen LogP contribution is 2.26. The second-order valence-corrected chi connectivity index (χ2v) is 5.13. The number of methoxy groups -OCH3 is 1. The van der Waals surface area contributed by atoms with Gasteiger partial charge in [0, 0.05) is 26.2 Å². The zero-order chi connectivity index (χ0) is 15.2. The second kappa shape index (κ2) is 7.28. The van der Waals surface area contributed by atoms with E-state index in [0.29, 0.717) is 36.6 Å². The van der Waals surface area contributed by atoms with Crippen LogP contribution in [0.15, 0.2) is 18.2 Å². The summed E-state index contributed by atoms with van der Waals surface area (Å²) in [6, 6.07) is 5.26. The van der Waals surface area contributed by atoms with Crippen molar-refractivity contribution in [2.75, 3.05) is 52.2 Å². The summed E-state index contributed by atoms with van der Waals surface area (Å²) < 4.78 is 5.17. The molecule has 0 atom stereocenters. The number of benzene rings is 1. The number of aliphatic hydroxyl groups excluding tert-OH is 1. The molecule has 1 saturated heterocycles. The molecule has 1 heterocycles. The Morgan fingerprint density at radius 3 is 2.86 bits per heavy atom. The van der Waals surface area contributed by atoms with Gasteiger partial charge >= 0.3 is 0 Å². The van der Waals surface area contributed by atoms with E-state index in [0.717, 1.165) is 19.5 Å². The Bertz CT molecular complexity index is 493. The average molecular weight is 293 g/mol.